The van der Waals surface area contributed by atoms with E-state index in [-0.39, 0.29) is 23.6 Å². The largest absolute Gasteiger partial charge is 0.508 e. The fraction of sp³-hybridized carbons (Fsp3) is 0.192. The monoisotopic (exact) mass is 523 g/mol. The van der Waals surface area contributed by atoms with Gasteiger partial charge in [0.05, 0.1) is 31.1 Å². The maximum atomic E-state index is 13.5. The number of nitrogens with zero attached hydrogens (tertiary/aromatic N) is 3. The number of fused-ring (bicyclic) bond motifs is 1. The Morgan fingerprint density at radius 1 is 1.00 bits per heavy atom. The summed E-state index contributed by atoms with van der Waals surface area (Å²) in [6.45, 7) is 1.51. The normalized spacial score (nSPS) is 23.2. The first-order valence-electron chi connectivity index (χ1n) is 10.7. The van der Waals surface area contributed by atoms with Crippen molar-refractivity contribution in [2.45, 2.75) is 12.5 Å². The van der Waals surface area contributed by atoms with Gasteiger partial charge in [-0.1, -0.05) is 53.5 Å². The van der Waals surface area contributed by atoms with Crippen LogP contribution < -0.4 is 9.64 Å². The van der Waals surface area contributed by atoms with Gasteiger partial charge in [-0.3, -0.25) is 0 Å². The minimum absolute atomic E-state index is 0.0521. The van der Waals surface area contributed by atoms with Crippen LogP contribution in [0.2, 0.25) is 0 Å². The van der Waals surface area contributed by atoms with Gasteiger partial charge in [0.15, 0.2) is 11.2 Å². The molecule has 36 heavy (non-hydrogen) atoms. The molecule has 2 atom stereocenters. The number of anilines is 1. The number of ether oxygens (including phenoxy) is 2. The predicted molar refractivity (Wildman–Crippen MR) is 133 cm³/mol. The Balaban J connectivity index is 2.26. The maximum absolute atomic E-state index is 13.5. The zero-order valence-corrected chi connectivity index (χ0v) is 20.6. The van der Waals surface area contributed by atoms with Crippen molar-refractivity contribution >= 4 is 40.6 Å². The van der Waals surface area contributed by atoms with Gasteiger partial charge in [-0.05, 0) is 36.8 Å². The molecule has 8 nitrogen and oxygen atoms in total. The number of aliphatic hydroxyl groups is 2. The quantitative estimate of drug-likeness (QED) is 0.505. The van der Waals surface area contributed by atoms with E-state index in [1.54, 1.807) is 61.5 Å². The number of halogens is 2. The number of aliphatic hydroxyl groups excluding tert-OH is 2. The van der Waals surface area contributed by atoms with Gasteiger partial charge in [0.2, 0.25) is 5.54 Å². The van der Waals surface area contributed by atoms with Crippen LogP contribution in [-0.4, -0.2) is 35.4 Å². The van der Waals surface area contributed by atoms with Crippen molar-refractivity contribution in [3.05, 3.63) is 87.3 Å². The number of hydrogen-bond acceptors (Lipinski definition) is 8. The highest BCUT2D eigenvalue weighted by molar-refractivity contribution is 6.45. The predicted octanol–water partition coefficient (Wildman–Crippen LogP) is 5.29. The number of nitriles is 2. The molecule has 1 heterocycles. The Labute approximate surface area is 217 Å². The fourth-order valence-electron chi connectivity index (χ4n) is 4.66. The van der Waals surface area contributed by atoms with Gasteiger partial charge in [0, 0.05) is 5.69 Å². The summed E-state index contributed by atoms with van der Waals surface area (Å²) in [5, 5.41) is 43.0. The molecule has 2 aromatic rings. The van der Waals surface area contributed by atoms with E-state index in [1.807, 2.05) is 12.1 Å². The molecule has 1 aliphatic carbocycles. The molecule has 0 saturated carbocycles. The average Bonchev–Trinajstić information content (AvgIpc) is 3.20. The molecule has 0 saturated heterocycles. The van der Waals surface area contributed by atoms with Crippen LogP contribution in [0.1, 0.15) is 12.5 Å². The summed E-state index contributed by atoms with van der Waals surface area (Å²) in [6.07, 6.45) is 0. The van der Waals surface area contributed by atoms with Crippen molar-refractivity contribution in [3.8, 4) is 17.9 Å². The molecular formula is C26H19Cl2N3O5. The van der Waals surface area contributed by atoms with Gasteiger partial charge in [0.25, 0.3) is 0 Å². The second-order valence-corrected chi connectivity index (χ2v) is 8.61. The summed E-state index contributed by atoms with van der Waals surface area (Å²) in [7, 11) is 1.48. The van der Waals surface area contributed by atoms with Crippen LogP contribution in [0.25, 0.3) is 5.70 Å². The summed E-state index contributed by atoms with van der Waals surface area (Å²) in [5.74, 6) is -2.14. The van der Waals surface area contributed by atoms with Crippen molar-refractivity contribution in [2.75, 3.05) is 18.6 Å². The van der Waals surface area contributed by atoms with Crippen molar-refractivity contribution in [3.63, 3.8) is 0 Å². The molecule has 4 rings (SSSR count). The first kappa shape index (κ1) is 25.0. The molecule has 0 unspecified atom stereocenters. The van der Waals surface area contributed by atoms with E-state index >= 15 is 0 Å². The fourth-order valence-corrected chi connectivity index (χ4v) is 5.12. The Morgan fingerprint density at radius 2 is 1.61 bits per heavy atom. The zero-order chi connectivity index (χ0) is 26.3. The zero-order valence-electron chi connectivity index (χ0n) is 19.1. The summed E-state index contributed by atoms with van der Waals surface area (Å²) < 4.78 is 10.5. The van der Waals surface area contributed by atoms with Gasteiger partial charge in [-0.15, -0.1) is 0 Å². The molecule has 2 aromatic carbocycles. The molecule has 0 amide bonds. The standard InChI is InChI=1S/C26H19Cl2N3O5/c1-3-36-24(34)18-21(15-7-5-4-6-8-15)31(16-9-11-17(35-2)12-10-16)26(14-30)23(33)20(28)19(27)22(32)25(18,26)13-29/h4-12,32-33H,3H2,1-2H3/t25-,26+/m0/s1. The van der Waals surface area contributed by atoms with E-state index in [2.05, 4.69) is 0 Å². The Morgan fingerprint density at radius 3 is 2.14 bits per heavy atom. The number of methoxy groups -OCH3 is 1. The molecule has 1 aliphatic heterocycles. The Hall–Kier alpha value is -4.11. The lowest BCUT2D eigenvalue weighted by atomic mass is 9.63. The molecule has 2 aliphatic rings. The highest BCUT2D eigenvalue weighted by atomic mass is 35.5. The molecule has 182 valence electrons. The first-order valence-corrected chi connectivity index (χ1v) is 11.4. The molecule has 0 radical (unpaired) electrons. The van der Waals surface area contributed by atoms with Gasteiger partial charge in [-0.2, -0.15) is 10.5 Å². The van der Waals surface area contributed by atoms with Crippen LogP contribution in [0.5, 0.6) is 5.75 Å². The van der Waals surface area contributed by atoms with Gasteiger partial charge >= 0.3 is 5.97 Å². The second kappa shape index (κ2) is 9.16. The lowest BCUT2D eigenvalue weighted by Crippen LogP contribution is -2.59. The average molecular weight is 524 g/mol. The van der Waals surface area contributed by atoms with E-state index in [4.69, 9.17) is 32.7 Å². The minimum Gasteiger partial charge on any atom is -0.508 e. The summed E-state index contributed by atoms with van der Waals surface area (Å²) in [5.41, 5.74) is -4.56. The second-order valence-electron chi connectivity index (χ2n) is 7.85. The third-order valence-electron chi connectivity index (χ3n) is 6.21. The van der Waals surface area contributed by atoms with Crippen LogP contribution in [0, 0.1) is 28.1 Å². The number of hydrogen-bond donors (Lipinski definition) is 2. The lowest BCUT2D eigenvalue weighted by Gasteiger charge is -2.44. The van der Waals surface area contributed by atoms with Crippen LogP contribution in [0.3, 0.4) is 0 Å². The van der Waals surface area contributed by atoms with E-state index in [0.717, 1.165) is 0 Å². The molecule has 0 bridgehead atoms. The number of rotatable bonds is 5. The molecule has 2 N–H and O–H groups in total. The summed E-state index contributed by atoms with van der Waals surface area (Å²) >= 11 is 12.5. The highest BCUT2D eigenvalue weighted by Gasteiger charge is 2.74. The van der Waals surface area contributed by atoms with Crippen molar-refractivity contribution in [1.82, 2.24) is 0 Å². The van der Waals surface area contributed by atoms with Crippen LogP contribution >= 0.6 is 23.2 Å². The number of allylic oxidation sites excluding steroid dienone is 2. The van der Waals surface area contributed by atoms with E-state index in [1.165, 1.54) is 12.0 Å². The van der Waals surface area contributed by atoms with Crippen molar-refractivity contribution in [1.29, 1.82) is 10.5 Å². The molecular weight excluding hydrogens is 505 g/mol. The minimum atomic E-state index is -2.50. The van der Waals surface area contributed by atoms with Crippen LogP contribution in [0.15, 0.2) is 81.8 Å². The third-order valence-corrected chi connectivity index (χ3v) is 7.04. The molecule has 0 fully saturated rings. The summed E-state index contributed by atoms with van der Waals surface area (Å²) in [4.78, 5) is 14.8. The smallest absolute Gasteiger partial charge is 0.338 e. The molecule has 0 aromatic heterocycles. The van der Waals surface area contributed by atoms with E-state index < -0.39 is 38.5 Å². The number of carbonyl (C=O) groups is 1. The van der Waals surface area contributed by atoms with Crippen LogP contribution in [-0.2, 0) is 9.53 Å². The number of carbonyl (C=O) groups excluding carboxylic acids is 1. The third kappa shape index (κ3) is 3.09. The van der Waals surface area contributed by atoms with Crippen LogP contribution in [0.4, 0.5) is 5.69 Å². The topological polar surface area (TPSA) is 127 Å². The van der Waals surface area contributed by atoms with Crippen molar-refractivity contribution in [2.24, 2.45) is 5.41 Å². The lowest BCUT2D eigenvalue weighted by molar-refractivity contribution is -0.139. The number of esters is 1. The molecule has 10 heteroatoms. The SMILES string of the molecule is CCOC(=O)C1=C(c2ccccc2)N(c2ccc(OC)cc2)[C@]2(C#N)C(O)=C(Cl)C(Cl)=C(O)[C@]12C#N. The number of benzene rings is 2. The van der Waals surface area contributed by atoms with Gasteiger partial charge in [0.1, 0.15) is 27.6 Å². The van der Waals surface area contributed by atoms with E-state index in [9.17, 15) is 25.5 Å². The Kier molecular flexibility index (Phi) is 6.36. The summed E-state index contributed by atoms with van der Waals surface area (Å²) in [6, 6.07) is 18.7. The maximum Gasteiger partial charge on any atom is 0.338 e. The van der Waals surface area contributed by atoms with Gasteiger partial charge < -0.3 is 24.6 Å². The molecule has 0 spiro atoms. The Bertz CT molecular complexity index is 1420. The van der Waals surface area contributed by atoms with E-state index in [0.29, 0.717) is 11.3 Å². The van der Waals surface area contributed by atoms with Crippen molar-refractivity contribution < 1.29 is 24.5 Å². The first-order chi connectivity index (χ1) is 17.3. The van der Waals surface area contributed by atoms with Gasteiger partial charge in [-0.25, -0.2) is 4.79 Å². The highest BCUT2D eigenvalue weighted by Crippen LogP contribution is 2.64.